The van der Waals surface area contributed by atoms with Gasteiger partial charge in [0.1, 0.15) is 5.82 Å². The summed E-state index contributed by atoms with van der Waals surface area (Å²) in [6, 6.07) is 6.32. The van der Waals surface area contributed by atoms with Gasteiger partial charge in [-0.2, -0.15) is 0 Å². The molecule has 6 heteroatoms. The SMILES string of the molecule is NNC(Cc1cncc(Br)c1)c1cc(F)ccc1Br. The zero-order valence-corrected chi connectivity index (χ0v) is 13.1. The number of hydrazine groups is 1. The van der Waals surface area contributed by atoms with Crippen LogP contribution in [0.4, 0.5) is 4.39 Å². The molecule has 2 rings (SSSR count). The zero-order chi connectivity index (χ0) is 13.8. The Hall–Kier alpha value is -0.820. The van der Waals surface area contributed by atoms with Crippen molar-refractivity contribution >= 4 is 31.9 Å². The molecule has 2 aromatic rings. The van der Waals surface area contributed by atoms with E-state index in [1.807, 2.05) is 6.07 Å². The van der Waals surface area contributed by atoms with E-state index in [0.29, 0.717) is 6.42 Å². The first-order chi connectivity index (χ1) is 9.10. The summed E-state index contributed by atoms with van der Waals surface area (Å²) in [4.78, 5) is 4.10. The number of nitrogens with zero attached hydrogens (tertiary/aromatic N) is 1. The van der Waals surface area contributed by atoms with E-state index < -0.39 is 0 Å². The third kappa shape index (κ3) is 3.82. The standard InChI is InChI=1S/C13H12Br2FN3/c14-9-3-8(6-18-7-9)4-13(19-17)11-5-10(16)1-2-12(11)15/h1-3,5-7,13,19H,4,17H2. The highest BCUT2D eigenvalue weighted by atomic mass is 79.9. The molecular formula is C13H12Br2FN3. The quantitative estimate of drug-likeness (QED) is 0.622. The second-order valence-corrected chi connectivity index (χ2v) is 5.87. The largest absolute Gasteiger partial charge is 0.271 e. The predicted molar refractivity (Wildman–Crippen MR) is 79.8 cm³/mol. The maximum atomic E-state index is 13.3. The first-order valence-corrected chi connectivity index (χ1v) is 7.19. The highest BCUT2D eigenvalue weighted by Gasteiger charge is 2.15. The summed E-state index contributed by atoms with van der Waals surface area (Å²) in [6.45, 7) is 0. The Bertz CT molecular complexity index is 578. The molecule has 1 aromatic heterocycles. The number of halogens is 3. The monoisotopic (exact) mass is 387 g/mol. The van der Waals surface area contributed by atoms with Gasteiger partial charge in [-0.15, -0.1) is 0 Å². The minimum absolute atomic E-state index is 0.193. The van der Waals surface area contributed by atoms with E-state index in [2.05, 4.69) is 42.3 Å². The summed E-state index contributed by atoms with van der Waals surface area (Å²) >= 11 is 6.79. The van der Waals surface area contributed by atoms with Gasteiger partial charge in [0, 0.05) is 21.3 Å². The minimum atomic E-state index is -0.286. The van der Waals surface area contributed by atoms with Gasteiger partial charge in [-0.05, 0) is 57.7 Å². The molecule has 0 aliphatic heterocycles. The molecular weight excluding hydrogens is 377 g/mol. The van der Waals surface area contributed by atoms with Crippen LogP contribution in [0, 0.1) is 5.82 Å². The fraction of sp³-hybridized carbons (Fsp3) is 0.154. The van der Waals surface area contributed by atoms with Crippen LogP contribution >= 0.6 is 31.9 Å². The van der Waals surface area contributed by atoms with Gasteiger partial charge in [0.2, 0.25) is 0 Å². The highest BCUT2D eigenvalue weighted by molar-refractivity contribution is 9.10. The maximum Gasteiger partial charge on any atom is 0.123 e. The van der Waals surface area contributed by atoms with Crippen LogP contribution in [0.1, 0.15) is 17.2 Å². The van der Waals surface area contributed by atoms with E-state index in [-0.39, 0.29) is 11.9 Å². The second kappa shape index (κ2) is 6.56. The molecule has 0 amide bonds. The normalized spacial score (nSPS) is 12.4. The van der Waals surface area contributed by atoms with Crippen LogP contribution in [0.25, 0.3) is 0 Å². The van der Waals surface area contributed by atoms with Crippen molar-refractivity contribution in [3.8, 4) is 0 Å². The van der Waals surface area contributed by atoms with Crippen molar-refractivity contribution in [2.24, 2.45) is 5.84 Å². The molecule has 0 bridgehead atoms. The Morgan fingerprint density at radius 3 is 2.74 bits per heavy atom. The van der Waals surface area contributed by atoms with Crippen molar-refractivity contribution in [2.45, 2.75) is 12.5 Å². The molecule has 0 spiro atoms. The van der Waals surface area contributed by atoms with Crippen LogP contribution in [0.3, 0.4) is 0 Å². The van der Waals surface area contributed by atoms with Crippen molar-refractivity contribution in [3.63, 3.8) is 0 Å². The Kier molecular flexibility index (Phi) is 5.04. The number of aromatic nitrogens is 1. The van der Waals surface area contributed by atoms with Gasteiger partial charge in [-0.1, -0.05) is 15.9 Å². The van der Waals surface area contributed by atoms with Gasteiger partial charge >= 0.3 is 0 Å². The zero-order valence-electron chi connectivity index (χ0n) is 9.91. The summed E-state index contributed by atoms with van der Waals surface area (Å²) in [7, 11) is 0. The number of benzene rings is 1. The highest BCUT2D eigenvalue weighted by Crippen LogP contribution is 2.27. The third-order valence-corrected chi connectivity index (χ3v) is 3.89. The van der Waals surface area contributed by atoms with Gasteiger partial charge in [0.15, 0.2) is 0 Å². The van der Waals surface area contributed by atoms with Gasteiger partial charge in [0.25, 0.3) is 0 Å². The van der Waals surface area contributed by atoms with E-state index in [1.54, 1.807) is 18.5 Å². The van der Waals surface area contributed by atoms with Crippen LogP contribution < -0.4 is 11.3 Å². The molecule has 3 N–H and O–H groups in total. The molecule has 0 saturated carbocycles. The molecule has 1 atom stereocenters. The van der Waals surface area contributed by atoms with E-state index >= 15 is 0 Å². The maximum absolute atomic E-state index is 13.3. The Labute approximate surface area is 127 Å². The molecule has 19 heavy (non-hydrogen) atoms. The second-order valence-electron chi connectivity index (χ2n) is 4.10. The average Bonchev–Trinajstić information content (AvgIpc) is 2.39. The number of hydrogen-bond donors (Lipinski definition) is 2. The van der Waals surface area contributed by atoms with Gasteiger partial charge in [0.05, 0.1) is 6.04 Å². The summed E-state index contributed by atoms with van der Waals surface area (Å²) in [5.74, 6) is 5.30. The lowest BCUT2D eigenvalue weighted by Gasteiger charge is -2.18. The smallest absolute Gasteiger partial charge is 0.123 e. The summed E-state index contributed by atoms with van der Waals surface area (Å²) in [5, 5.41) is 0. The molecule has 1 aromatic carbocycles. The van der Waals surface area contributed by atoms with Crippen LogP contribution in [-0.2, 0) is 6.42 Å². The van der Waals surface area contributed by atoms with E-state index in [1.165, 1.54) is 12.1 Å². The molecule has 100 valence electrons. The van der Waals surface area contributed by atoms with Crippen LogP contribution in [0.15, 0.2) is 45.6 Å². The van der Waals surface area contributed by atoms with Gasteiger partial charge < -0.3 is 0 Å². The summed E-state index contributed by atoms with van der Waals surface area (Å²) in [6.07, 6.45) is 4.10. The first-order valence-electron chi connectivity index (χ1n) is 5.60. The minimum Gasteiger partial charge on any atom is -0.271 e. The molecule has 0 aliphatic rings. The fourth-order valence-electron chi connectivity index (χ4n) is 1.84. The summed E-state index contributed by atoms with van der Waals surface area (Å²) in [5.41, 5.74) is 4.50. The van der Waals surface area contributed by atoms with Crippen LogP contribution in [-0.4, -0.2) is 4.98 Å². The Morgan fingerprint density at radius 1 is 1.26 bits per heavy atom. The predicted octanol–water partition coefficient (Wildman–Crippen LogP) is 3.49. The number of rotatable bonds is 4. The van der Waals surface area contributed by atoms with Crippen molar-refractivity contribution < 1.29 is 4.39 Å². The number of hydrogen-bond acceptors (Lipinski definition) is 3. The molecule has 0 radical (unpaired) electrons. The van der Waals surface area contributed by atoms with Crippen molar-refractivity contribution in [1.82, 2.24) is 10.4 Å². The van der Waals surface area contributed by atoms with E-state index in [4.69, 9.17) is 5.84 Å². The van der Waals surface area contributed by atoms with Crippen molar-refractivity contribution in [2.75, 3.05) is 0 Å². The number of nitrogens with two attached hydrogens (primary N) is 1. The fourth-order valence-corrected chi connectivity index (χ4v) is 2.78. The third-order valence-electron chi connectivity index (χ3n) is 2.74. The topological polar surface area (TPSA) is 50.9 Å². The lowest BCUT2D eigenvalue weighted by atomic mass is 10.0. The molecule has 3 nitrogen and oxygen atoms in total. The van der Waals surface area contributed by atoms with Crippen LogP contribution in [0.2, 0.25) is 0 Å². The van der Waals surface area contributed by atoms with Gasteiger partial charge in [-0.25, -0.2) is 4.39 Å². The first kappa shape index (κ1) is 14.6. The van der Waals surface area contributed by atoms with Crippen molar-refractivity contribution in [1.29, 1.82) is 0 Å². The molecule has 0 fully saturated rings. The molecule has 0 aliphatic carbocycles. The Morgan fingerprint density at radius 2 is 2.05 bits per heavy atom. The lowest BCUT2D eigenvalue weighted by Crippen LogP contribution is -2.30. The Balaban J connectivity index is 2.27. The number of pyridine rings is 1. The number of nitrogens with one attached hydrogen (secondary N) is 1. The van der Waals surface area contributed by atoms with Crippen molar-refractivity contribution in [3.05, 3.63) is 62.5 Å². The van der Waals surface area contributed by atoms with Crippen LogP contribution in [0.5, 0.6) is 0 Å². The lowest BCUT2D eigenvalue weighted by molar-refractivity contribution is 0.541. The molecule has 0 saturated heterocycles. The van der Waals surface area contributed by atoms with E-state index in [0.717, 1.165) is 20.1 Å². The van der Waals surface area contributed by atoms with E-state index in [9.17, 15) is 4.39 Å². The molecule has 1 heterocycles. The average molecular weight is 389 g/mol. The summed E-state index contributed by atoms with van der Waals surface area (Å²) < 4.78 is 15.1. The molecule has 1 unspecified atom stereocenters. The van der Waals surface area contributed by atoms with Gasteiger partial charge in [-0.3, -0.25) is 16.3 Å².